The Morgan fingerprint density at radius 2 is 2.06 bits per heavy atom. The molecule has 3 heterocycles. The molecule has 1 saturated carbocycles. The van der Waals surface area contributed by atoms with Crippen LogP contribution in [0.5, 0.6) is 0 Å². The first-order valence-electron chi connectivity index (χ1n) is 10.9. The number of pyridine rings is 1. The molecule has 2 aromatic heterocycles. The Morgan fingerprint density at radius 1 is 1.23 bits per heavy atom. The molecule has 1 amide bonds. The zero-order valence-corrected chi connectivity index (χ0v) is 17.7. The van der Waals surface area contributed by atoms with Crippen molar-refractivity contribution >= 4 is 5.91 Å². The smallest absolute Gasteiger partial charge is 0.234 e. The maximum Gasteiger partial charge on any atom is 0.234 e. The van der Waals surface area contributed by atoms with Crippen LogP contribution in [0.4, 0.5) is 0 Å². The van der Waals surface area contributed by atoms with E-state index in [4.69, 9.17) is 4.52 Å². The van der Waals surface area contributed by atoms with Gasteiger partial charge in [0.15, 0.2) is 5.82 Å². The highest BCUT2D eigenvalue weighted by Crippen LogP contribution is 2.50. The number of aryl methyl sites for hydroxylation is 1. The topological polar surface area (TPSA) is 84.2 Å². The number of carbonyl (C=O) groups is 1. The third-order valence-corrected chi connectivity index (χ3v) is 6.60. The minimum absolute atomic E-state index is 0.0379. The Balaban J connectivity index is 1.30. The molecule has 0 spiro atoms. The molecule has 0 unspecified atom stereocenters. The number of fused-ring (bicyclic) bond motifs is 1. The molecule has 1 aromatic carbocycles. The molecular weight excluding hydrogens is 390 g/mol. The van der Waals surface area contributed by atoms with E-state index < -0.39 is 0 Å². The summed E-state index contributed by atoms with van der Waals surface area (Å²) in [6, 6.07) is 14.4. The molecule has 1 N–H and O–H groups in total. The standard InChI is InChI=1S/C24H27N5O2/c1-17-26-23(31-28-17)24-12-21(27-22(30)10-19-8-5-9-25-13-19)11-20(24)15-29(16-24)14-18-6-3-2-4-7-18/h2-9,13,20-21H,10-12,14-16H2,1H3,(H,27,30)/t20-,21+,24-/m0/s1. The quantitative estimate of drug-likeness (QED) is 0.664. The average molecular weight is 418 g/mol. The van der Waals surface area contributed by atoms with Crippen LogP contribution in [0.3, 0.4) is 0 Å². The van der Waals surface area contributed by atoms with Gasteiger partial charge in [-0.05, 0) is 42.9 Å². The molecule has 7 heteroatoms. The van der Waals surface area contributed by atoms with Crippen molar-refractivity contribution in [3.05, 3.63) is 77.7 Å². The van der Waals surface area contributed by atoms with Crippen molar-refractivity contribution in [1.82, 2.24) is 25.3 Å². The number of amides is 1. The van der Waals surface area contributed by atoms with E-state index in [-0.39, 0.29) is 17.4 Å². The Kier molecular flexibility index (Phi) is 5.28. The first kappa shape index (κ1) is 19.9. The minimum Gasteiger partial charge on any atom is -0.353 e. The van der Waals surface area contributed by atoms with Crippen LogP contribution < -0.4 is 5.32 Å². The molecule has 3 aromatic rings. The van der Waals surface area contributed by atoms with Crippen molar-refractivity contribution in [2.75, 3.05) is 13.1 Å². The summed E-state index contributed by atoms with van der Waals surface area (Å²) in [5.41, 5.74) is 2.03. The number of likely N-dealkylation sites (tertiary alicyclic amines) is 1. The number of rotatable bonds is 6. The number of hydrogen-bond acceptors (Lipinski definition) is 6. The summed E-state index contributed by atoms with van der Waals surface area (Å²) in [7, 11) is 0. The van der Waals surface area contributed by atoms with E-state index in [2.05, 4.69) is 49.6 Å². The number of hydrogen-bond donors (Lipinski definition) is 1. The third kappa shape index (κ3) is 4.10. The van der Waals surface area contributed by atoms with E-state index in [1.807, 2.05) is 25.1 Å². The number of benzene rings is 1. The average Bonchev–Trinajstić information content (AvgIpc) is 3.42. The molecular formula is C24H27N5O2. The van der Waals surface area contributed by atoms with Gasteiger partial charge in [-0.15, -0.1) is 0 Å². The van der Waals surface area contributed by atoms with Gasteiger partial charge >= 0.3 is 0 Å². The summed E-state index contributed by atoms with van der Waals surface area (Å²) in [6.07, 6.45) is 5.56. The van der Waals surface area contributed by atoms with Gasteiger partial charge < -0.3 is 9.84 Å². The molecule has 160 valence electrons. The fourth-order valence-corrected chi connectivity index (χ4v) is 5.34. The van der Waals surface area contributed by atoms with Crippen LogP contribution in [-0.4, -0.2) is 45.1 Å². The minimum atomic E-state index is -0.206. The number of aromatic nitrogens is 3. The predicted octanol–water partition coefficient (Wildman–Crippen LogP) is 2.66. The van der Waals surface area contributed by atoms with E-state index in [0.29, 0.717) is 18.2 Å². The van der Waals surface area contributed by atoms with Crippen LogP contribution in [0.15, 0.2) is 59.4 Å². The number of nitrogens with zero attached hydrogens (tertiary/aromatic N) is 4. The van der Waals surface area contributed by atoms with E-state index >= 15 is 0 Å². The van der Waals surface area contributed by atoms with Crippen molar-refractivity contribution in [3.8, 4) is 0 Å². The summed E-state index contributed by atoms with van der Waals surface area (Å²) in [5.74, 6) is 1.79. The van der Waals surface area contributed by atoms with Crippen molar-refractivity contribution in [1.29, 1.82) is 0 Å². The van der Waals surface area contributed by atoms with Gasteiger partial charge in [0.2, 0.25) is 11.8 Å². The molecule has 5 rings (SSSR count). The van der Waals surface area contributed by atoms with Gasteiger partial charge in [-0.2, -0.15) is 4.98 Å². The largest absolute Gasteiger partial charge is 0.353 e. The fraction of sp³-hybridized carbons (Fsp3) is 0.417. The van der Waals surface area contributed by atoms with Gasteiger partial charge in [-0.25, -0.2) is 0 Å². The predicted molar refractivity (Wildman–Crippen MR) is 115 cm³/mol. The van der Waals surface area contributed by atoms with E-state index in [9.17, 15) is 4.79 Å². The Hall–Kier alpha value is -3.06. The summed E-state index contributed by atoms with van der Waals surface area (Å²) in [5, 5.41) is 7.32. The van der Waals surface area contributed by atoms with Crippen molar-refractivity contribution in [3.63, 3.8) is 0 Å². The van der Waals surface area contributed by atoms with Gasteiger partial charge in [0, 0.05) is 38.1 Å². The molecule has 7 nitrogen and oxygen atoms in total. The molecule has 2 fully saturated rings. The highest BCUT2D eigenvalue weighted by molar-refractivity contribution is 5.78. The molecule has 1 aliphatic heterocycles. The second-order valence-corrected chi connectivity index (χ2v) is 8.90. The third-order valence-electron chi connectivity index (χ3n) is 6.60. The molecule has 3 atom stereocenters. The van der Waals surface area contributed by atoms with E-state index in [1.165, 1.54) is 5.56 Å². The van der Waals surface area contributed by atoms with Crippen molar-refractivity contribution < 1.29 is 9.32 Å². The summed E-state index contributed by atoms with van der Waals surface area (Å²) < 4.78 is 5.69. The zero-order valence-electron chi connectivity index (χ0n) is 17.7. The van der Waals surface area contributed by atoms with Gasteiger partial charge in [-0.1, -0.05) is 41.6 Å². The Labute approximate surface area is 181 Å². The van der Waals surface area contributed by atoms with Crippen LogP contribution in [0.2, 0.25) is 0 Å². The monoisotopic (exact) mass is 417 g/mol. The molecule has 2 aliphatic rings. The SMILES string of the molecule is Cc1noc([C@]23C[C@H](NC(=O)Cc4cccnc4)C[C@H]2CN(Cc2ccccc2)C3)n1. The van der Waals surface area contributed by atoms with E-state index in [1.54, 1.807) is 12.4 Å². The lowest BCUT2D eigenvalue weighted by Gasteiger charge is -2.25. The summed E-state index contributed by atoms with van der Waals surface area (Å²) >= 11 is 0. The molecule has 1 aliphatic carbocycles. The zero-order chi connectivity index (χ0) is 21.3. The van der Waals surface area contributed by atoms with Gasteiger partial charge in [0.25, 0.3) is 0 Å². The second-order valence-electron chi connectivity index (χ2n) is 8.90. The van der Waals surface area contributed by atoms with Crippen molar-refractivity contribution in [2.24, 2.45) is 5.92 Å². The lowest BCUT2D eigenvalue weighted by atomic mass is 9.80. The molecule has 0 bridgehead atoms. The first-order chi connectivity index (χ1) is 15.1. The van der Waals surface area contributed by atoms with E-state index in [0.717, 1.165) is 43.9 Å². The number of carbonyl (C=O) groups excluding carboxylic acids is 1. The van der Waals surface area contributed by atoms with Crippen molar-refractivity contribution in [2.45, 2.75) is 44.2 Å². The highest BCUT2D eigenvalue weighted by Gasteiger charge is 2.57. The summed E-state index contributed by atoms with van der Waals surface area (Å²) in [6.45, 7) is 4.59. The van der Waals surface area contributed by atoms with Gasteiger partial charge in [0.1, 0.15) is 0 Å². The highest BCUT2D eigenvalue weighted by atomic mass is 16.5. The van der Waals surface area contributed by atoms with Crippen LogP contribution in [-0.2, 0) is 23.2 Å². The maximum absolute atomic E-state index is 12.6. The van der Waals surface area contributed by atoms with Crippen LogP contribution in [0.25, 0.3) is 0 Å². The molecule has 0 radical (unpaired) electrons. The van der Waals surface area contributed by atoms with Crippen LogP contribution in [0, 0.1) is 12.8 Å². The first-order valence-corrected chi connectivity index (χ1v) is 10.9. The summed E-state index contributed by atoms with van der Waals surface area (Å²) in [4.78, 5) is 23.8. The van der Waals surface area contributed by atoms with Crippen LogP contribution in [0.1, 0.15) is 35.7 Å². The number of nitrogens with one attached hydrogen (secondary N) is 1. The Bertz CT molecular complexity index is 1040. The molecule has 1 saturated heterocycles. The lowest BCUT2D eigenvalue weighted by molar-refractivity contribution is -0.121. The fourth-order valence-electron chi connectivity index (χ4n) is 5.34. The van der Waals surface area contributed by atoms with Gasteiger partial charge in [-0.3, -0.25) is 14.7 Å². The van der Waals surface area contributed by atoms with Gasteiger partial charge in [0.05, 0.1) is 11.8 Å². The molecule has 31 heavy (non-hydrogen) atoms. The van der Waals surface area contributed by atoms with Crippen LogP contribution >= 0.6 is 0 Å². The maximum atomic E-state index is 12.6. The normalized spacial score (nSPS) is 25.5. The Morgan fingerprint density at radius 3 is 2.81 bits per heavy atom. The lowest BCUT2D eigenvalue weighted by Crippen LogP contribution is -2.38. The second kappa shape index (κ2) is 8.23.